The van der Waals surface area contributed by atoms with Crippen molar-refractivity contribution >= 4 is 11.9 Å². The third-order valence-corrected chi connectivity index (χ3v) is 4.23. The van der Waals surface area contributed by atoms with Gasteiger partial charge < -0.3 is 15.8 Å². The zero-order valence-corrected chi connectivity index (χ0v) is 13.3. The number of rotatable bonds is 6. The number of imide groups is 1. The second kappa shape index (κ2) is 6.36. The van der Waals surface area contributed by atoms with Crippen LogP contribution in [0.4, 0.5) is 4.79 Å². The first-order valence-corrected chi connectivity index (χ1v) is 7.52. The van der Waals surface area contributed by atoms with Crippen molar-refractivity contribution in [2.24, 2.45) is 5.73 Å². The second-order valence-electron chi connectivity index (χ2n) is 5.50. The second-order valence-corrected chi connectivity index (χ2v) is 5.50. The fourth-order valence-electron chi connectivity index (χ4n) is 2.67. The van der Waals surface area contributed by atoms with E-state index in [4.69, 9.17) is 10.5 Å². The Hall–Kier alpha value is -2.08. The van der Waals surface area contributed by atoms with Crippen LogP contribution in [-0.4, -0.2) is 36.5 Å². The predicted molar refractivity (Wildman–Crippen MR) is 83.5 cm³/mol. The van der Waals surface area contributed by atoms with Crippen molar-refractivity contribution < 1.29 is 14.3 Å². The van der Waals surface area contributed by atoms with Gasteiger partial charge in [-0.2, -0.15) is 0 Å². The zero-order valence-electron chi connectivity index (χ0n) is 13.3. The number of carbonyl (C=O) groups excluding carboxylic acids is 2. The van der Waals surface area contributed by atoms with E-state index in [9.17, 15) is 9.59 Å². The molecule has 22 heavy (non-hydrogen) atoms. The molecule has 0 spiro atoms. The molecule has 2 unspecified atom stereocenters. The van der Waals surface area contributed by atoms with E-state index in [1.165, 1.54) is 4.90 Å². The van der Waals surface area contributed by atoms with Crippen molar-refractivity contribution in [1.29, 1.82) is 0 Å². The number of nitrogens with zero attached hydrogens (tertiary/aromatic N) is 1. The van der Waals surface area contributed by atoms with E-state index >= 15 is 0 Å². The SMILES string of the molecule is CCC(N)CN1C(=O)NC(CC)(c2ccc(OC)cc2)C1=O. The number of hydrogen-bond acceptors (Lipinski definition) is 4. The van der Waals surface area contributed by atoms with Crippen molar-refractivity contribution in [3.05, 3.63) is 29.8 Å². The molecular formula is C16H23N3O3. The van der Waals surface area contributed by atoms with E-state index in [0.717, 1.165) is 5.56 Å². The van der Waals surface area contributed by atoms with E-state index < -0.39 is 5.54 Å². The number of hydrogen-bond donors (Lipinski definition) is 2. The van der Waals surface area contributed by atoms with Crippen LogP contribution in [-0.2, 0) is 10.3 Å². The molecule has 6 heteroatoms. The minimum absolute atomic E-state index is 0.210. The molecule has 1 fully saturated rings. The van der Waals surface area contributed by atoms with Gasteiger partial charge in [-0.1, -0.05) is 26.0 Å². The highest BCUT2D eigenvalue weighted by molar-refractivity contribution is 6.07. The van der Waals surface area contributed by atoms with Crippen molar-refractivity contribution in [1.82, 2.24) is 10.2 Å². The lowest BCUT2D eigenvalue weighted by molar-refractivity contribution is -0.132. The first-order chi connectivity index (χ1) is 10.5. The topological polar surface area (TPSA) is 84.7 Å². The Balaban J connectivity index is 2.33. The molecule has 2 atom stereocenters. The maximum absolute atomic E-state index is 12.8. The van der Waals surface area contributed by atoms with Gasteiger partial charge in [0.05, 0.1) is 7.11 Å². The molecule has 3 N–H and O–H groups in total. The minimum atomic E-state index is -1.02. The van der Waals surface area contributed by atoms with Crippen LogP contribution in [0.15, 0.2) is 24.3 Å². The molecule has 1 aliphatic heterocycles. The summed E-state index contributed by atoms with van der Waals surface area (Å²) in [4.78, 5) is 26.3. The van der Waals surface area contributed by atoms with E-state index in [0.29, 0.717) is 18.6 Å². The molecular weight excluding hydrogens is 282 g/mol. The highest BCUT2D eigenvalue weighted by Gasteiger charge is 2.51. The maximum Gasteiger partial charge on any atom is 0.325 e. The molecule has 0 saturated carbocycles. The lowest BCUT2D eigenvalue weighted by Crippen LogP contribution is -2.45. The summed E-state index contributed by atoms with van der Waals surface area (Å²) < 4.78 is 5.14. The van der Waals surface area contributed by atoms with Crippen LogP contribution in [0.3, 0.4) is 0 Å². The van der Waals surface area contributed by atoms with Crippen LogP contribution in [0.25, 0.3) is 0 Å². The highest BCUT2D eigenvalue weighted by atomic mass is 16.5. The normalized spacial score (nSPS) is 22.6. The van der Waals surface area contributed by atoms with Gasteiger partial charge in [-0.05, 0) is 30.5 Å². The summed E-state index contributed by atoms with van der Waals surface area (Å²) in [5, 5.41) is 2.84. The monoisotopic (exact) mass is 305 g/mol. The molecule has 0 aliphatic carbocycles. The Labute approximate surface area is 130 Å². The molecule has 120 valence electrons. The molecule has 0 radical (unpaired) electrons. The Morgan fingerprint density at radius 2 is 1.91 bits per heavy atom. The third-order valence-electron chi connectivity index (χ3n) is 4.23. The Kier molecular flexibility index (Phi) is 4.71. The average molecular weight is 305 g/mol. The summed E-state index contributed by atoms with van der Waals surface area (Å²) in [6.07, 6.45) is 1.18. The van der Waals surface area contributed by atoms with Crippen LogP contribution < -0.4 is 15.8 Å². The quantitative estimate of drug-likeness (QED) is 0.782. The molecule has 0 bridgehead atoms. The molecule has 2 rings (SSSR count). The smallest absolute Gasteiger partial charge is 0.325 e. The van der Waals surface area contributed by atoms with Crippen LogP contribution in [0.1, 0.15) is 32.3 Å². The molecule has 1 aliphatic rings. The summed E-state index contributed by atoms with van der Waals surface area (Å²) in [6, 6.07) is 6.59. The van der Waals surface area contributed by atoms with Crippen molar-refractivity contribution in [2.75, 3.05) is 13.7 Å². The van der Waals surface area contributed by atoms with Crippen LogP contribution in [0, 0.1) is 0 Å². The molecule has 1 saturated heterocycles. The number of urea groups is 1. The predicted octanol–water partition coefficient (Wildman–Crippen LogP) is 1.59. The standard InChI is InChI=1S/C16H23N3O3/c1-4-12(17)10-19-14(20)16(5-2,18-15(19)21)11-6-8-13(22-3)9-7-11/h6-9,12H,4-5,10,17H2,1-3H3,(H,18,21). The summed E-state index contributed by atoms with van der Waals surface area (Å²) in [7, 11) is 1.58. The number of nitrogens with one attached hydrogen (secondary N) is 1. The fraction of sp³-hybridized carbons (Fsp3) is 0.500. The number of methoxy groups -OCH3 is 1. The number of carbonyl (C=O) groups is 2. The number of benzene rings is 1. The van der Waals surface area contributed by atoms with Gasteiger partial charge in [-0.25, -0.2) is 4.79 Å². The van der Waals surface area contributed by atoms with Gasteiger partial charge in [0, 0.05) is 12.6 Å². The van der Waals surface area contributed by atoms with E-state index in [1.54, 1.807) is 19.2 Å². The van der Waals surface area contributed by atoms with E-state index in [-0.39, 0.29) is 24.5 Å². The molecule has 1 heterocycles. The molecule has 3 amide bonds. The molecule has 6 nitrogen and oxygen atoms in total. The van der Waals surface area contributed by atoms with Gasteiger partial charge in [-0.3, -0.25) is 9.69 Å². The lowest BCUT2D eigenvalue weighted by atomic mass is 9.87. The van der Waals surface area contributed by atoms with Gasteiger partial charge >= 0.3 is 6.03 Å². The first-order valence-electron chi connectivity index (χ1n) is 7.52. The van der Waals surface area contributed by atoms with Crippen molar-refractivity contribution in [2.45, 2.75) is 38.3 Å². The van der Waals surface area contributed by atoms with E-state index in [2.05, 4.69) is 5.32 Å². The fourth-order valence-corrected chi connectivity index (χ4v) is 2.67. The summed E-state index contributed by atoms with van der Waals surface area (Å²) in [5.41, 5.74) is 5.63. The minimum Gasteiger partial charge on any atom is -0.497 e. The van der Waals surface area contributed by atoms with Crippen LogP contribution in [0.5, 0.6) is 5.75 Å². The highest BCUT2D eigenvalue weighted by Crippen LogP contribution is 2.33. The first kappa shape index (κ1) is 16.3. The maximum atomic E-state index is 12.8. The summed E-state index contributed by atoms with van der Waals surface area (Å²) in [6.45, 7) is 4.05. The Bertz CT molecular complexity index is 558. The van der Waals surface area contributed by atoms with Crippen molar-refractivity contribution in [3.8, 4) is 5.75 Å². The zero-order chi connectivity index (χ0) is 16.3. The third kappa shape index (κ3) is 2.66. The van der Waals surface area contributed by atoms with Crippen molar-refractivity contribution in [3.63, 3.8) is 0 Å². The van der Waals surface area contributed by atoms with Gasteiger partial charge in [-0.15, -0.1) is 0 Å². The Morgan fingerprint density at radius 3 is 2.41 bits per heavy atom. The van der Waals surface area contributed by atoms with Gasteiger partial charge in [0.2, 0.25) is 0 Å². The van der Waals surface area contributed by atoms with Gasteiger partial charge in [0.15, 0.2) is 0 Å². The van der Waals surface area contributed by atoms with Gasteiger partial charge in [0.1, 0.15) is 11.3 Å². The summed E-state index contributed by atoms with van der Waals surface area (Å²) >= 11 is 0. The molecule has 1 aromatic carbocycles. The van der Waals surface area contributed by atoms with E-state index in [1.807, 2.05) is 26.0 Å². The number of amides is 3. The molecule has 1 aromatic rings. The number of nitrogens with two attached hydrogens (primary N) is 1. The Morgan fingerprint density at radius 1 is 1.27 bits per heavy atom. The summed E-state index contributed by atoms with van der Waals surface area (Å²) in [5.74, 6) is 0.464. The van der Waals surface area contributed by atoms with Gasteiger partial charge in [0.25, 0.3) is 5.91 Å². The van der Waals surface area contributed by atoms with Crippen LogP contribution in [0.2, 0.25) is 0 Å². The lowest BCUT2D eigenvalue weighted by Gasteiger charge is -2.26. The largest absolute Gasteiger partial charge is 0.497 e. The molecule has 0 aromatic heterocycles. The average Bonchev–Trinajstić information content (AvgIpc) is 2.79. The van der Waals surface area contributed by atoms with Crippen LogP contribution >= 0.6 is 0 Å². The number of ether oxygens (including phenoxy) is 1.